The minimum absolute atomic E-state index is 0.214. The second-order valence-electron chi connectivity index (χ2n) is 4.52. The smallest absolute Gasteiger partial charge is 0.0470 e. The van der Waals surface area contributed by atoms with E-state index in [1.165, 1.54) is 12.8 Å². The van der Waals surface area contributed by atoms with Crippen LogP contribution in [0.25, 0.3) is 0 Å². The highest BCUT2D eigenvalue weighted by molar-refractivity contribution is 7.93. The van der Waals surface area contributed by atoms with E-state index in [4.69, 9.17) is 4.78 Å². The third-order valence-electron chi connectivity index (χ3n) is 2.84. The predicted octanol–water partition coefficient (Wildman–Crippen LogP) is 3.02. The van der Waals surface area contributed by atoms with Crippen molar-refractivity contribution in [2.45, 2.75) is 51.2 Å². The fourth-order valence-electron chi connectivity index (χ4n) is 1.85. The molecule has 13 heavy (non-hydrogen) atoms. The van der Waals surface area contributed by atoms with Gasteiger partial charge >= 0.3 is 0 Å². The molecule has 0 radical (unpaired) electrons. The summed E-state index contributed by atoms with van der Waals surface area (Å²) in [5.74, 6) is 1.20. The van der Waals surface area contributed by atoms with Crippen molar-refractivity contribution < 1.29 is 4.21 Å². The normalized spacial score (nSPS) is 23.6. The van der Waals surface area contributed by atoms with Crippen LogP contribution in [-0.4, -0.2) is 15.2 Å². The quantitative estimate of drug-likeness (QED) is 0.749. The Labute approximate surface area is 82.1 Å². The predicted molar refractivity (Wildman–Crippen MR) is 57.4 cm³/mol. The molecule has 0 aromatic carbocycles. The SMILES string of the molecule is CC(C)CCS(=N)(=O)C1CCCC1. The highest BCUT2D eigenvalue weighted by Gasteiger charge is 2.25. The largest absolute Gasteiger partial charge is 0.253 e. The molecule has 1 rings (SSSR count). The van der Waals surface area contributed by atoms with E-state index in [1.807, 2.05) is 0 Å². The van der Waals surface area contributed by atoms with E-state index >= 15 is 0 Å². The first-order valence-corrected chi connectivity index (χ1v) is 7.06. The first kappa shape index (κ1) is 11.0. The van der Waals surface area contributed by atoms with Crippen molar-refractivity contribution in [3.05, 3.63) is 0 Å². The third kappa shape index (κ3) is 3.29. The van der Waals surface area contributed by atoms with Crippen LogP contribution in [0.1, 0.15) is 46.0 Å². The molecule has 1 aliphatic rings. The van der Waals surface area contributed by atoms with Gasteiger partial charge in [0.25, 0.3) is 0 Å². The summed E-state index contributed by atoms with van der Waals surface area (Å²) in [5.41, 5.74) is 0. The molecule has 2 nitrogen and oxygen atoms in total. The minimum Gasteiger partial charge on any atom is -0.253 e. The van der Waals surface area contributed by atoms with Crippen molar-refractivity contribution >= 4 is 9.73 Å². The van der Waals surface area contributed by atoms with E-state index in [1.54, 1.807) is 0 Å². The third-order valence-corrected chi connectivity index (χ3v) is 5.23. The van der Waals surface area contributed by atoms with Crippen LogP contribution in [0.3, 0.4) is 0 Å². The highest BCUT2D eigenvalue weighted by Crippen LogP contribution is 2.26. The standard InChI is InChI=1S/C10H21NOS/c1-9(2)7-8-13(11,12)10-5-3-4-6-10/h9-11H,3-8H2,1-2H3. The Bertz CT molecular complexity index is 238. The summed E-state index contributed by atoms with van der Waals surface area (Å²) in [6.07, 6.45) is 5.37. The molecule has 0 spiro atoms. The van der Waals surface area contributed by atoms with Crippen LogP contribution in [0, 0.1) is 10.7 Å². The Morgan fingerprint density at radius 1 is 1.38 bits per heavy atom. The Kier molecular flexibility index (Phi) is 3.77. The Morgan fingerprint density at radius 3 is 2.38 bits per heavy atom. The maximum atomic E-state index is 12.0. The lowest BCUT2D eigenvalue weighted by Gasteiger charge is -2.15. The molecular weight excluding hydrogens is 182 g/mol. The zero-order chi connectivity index (χ0) is 9.90. The molecule has 0 aromatic heterocycles. The molecule has 1 N–H and O–H groups in total. The van der Waals surface area contributed by atoms with Crippen LogP contribution in [0.4, 0.5) is 0 Å². The molecule has 1 fully saturated rings. The maximum absolute atomic E-state index is 12.0. The summed E-state index contributed by atoms with van der Waals surface area (Å²) < 4.78 is 19.8. The molecule has 0 saturated heterocycles. The molecule has 0 aromatic rings. The van der Waals surface area contributed by atoms with Crippen molar-refractivity contribution in [3.63, 3.8) is 0 Å². The van der Waals surface area contributed by atoms with Gasteiger partial charge in [-0.3, -0.25) is 4.78 Å². The summed E-state index contributed by atoms with van der Waals surface area (Å²) in [6.45, 7) is 4.26. The van der Waals surface area contributed by atoms with Crippen LogP contribution in [0.5, 0.6) is 0 Å². The Hall–Kier alpha value is -0.0500. The van der Waals surface area contributed by atoms with Gasteiger partial charge in [0.1, 0.15) is 0 Å². The van der Waals surface area contributed by atoms with Crippen molar-refractivity contribution in [3.8, 4) is 0 Å². The molecule has 1 aliphatic carbocycles. The van der Waals surface area contributed by atoms with Crippen molar-refractivity contribution in [2.75, 3.05) is 5.75 Å². The van der Waals surface area contributed by atoms with Gasteiger partial charge in [-0.2, -0.15) is 0 Å². The molecule has 1 atom stereocenters. The zero-order valence-electron chi connectivity index (χ0n) is 8.71. The van der Waals surface area contributed by atoms with E-state index in [-0.39, 0.29) is 5.25 Å². The van der Waals surface area contributed by atoms with Crippen molar-refractivity contribution in [1.82, 2.24) is 0 Å². The number of hydrogen-bond acceptors (Lipinski definition) is 2. The van der Waals surface area contributed by atoms with Gasteiger partial charge in [0.05, 0.1) is 0 Å². The molecule has 0 aliphatic heterocycles. The van der Waals surface area contributed by atoms with Crippen LogP contribution < -0.4 is 0 Å². The van der Waals surface area contributed by atoms with Gasteiger partial charge in [0.2, 0.25) is 0 Å². The van der Waals surface area contributed by atoms with E-state index < -0.39 is 9.73 Å². The molecule has 78 valence electrons. The van der Waals surface area contributed by atoms with Gasteiger partial charge in [-0.15, -0.1) is 0 Å². The molecule has 0 amide bonds. The molecule has 1 saturated carbocycles. The van der Waals surface area contributed by atoms with Gasteiger partial charge in [-0.25, -0.2) is 4.21 Å². The fourth-order valence-corrected chi connectivity index (χ4v) is 4.10. The van der Waals surface area contributed by atoms with Gasteiger partial charge in [0.15, 0.2) is 0 Å². The average Bonchev–Trinajstić information content (AvgIpc) is 2.53. The molecular formula is C10H21NOS. The van der Waals surface area contributed by atoms with E-state index in [0.29, 0.717) is 11.7 Å². The second kappa shape index (κ2) is 4.45. The molecule has 1 unspecified atom stereocenters. The number of nitrogens with one attached hydrogen (secondary N) is 1. The fraction of sp³-hybridized carbons (Fsp3) is 1.00. The summed E-state index contributed by atoms with van der Waals surface area (Å²) in [4.78, 5) is 0. The number of hydrogen-bond donors (Lipinski definition) is 1. The minimum atomic E-state index is -2.26. The van der Waals surface area contributed by atoms with Crippen LogP contribution in [0.2, 0.25) is 0 Å². The summed E-state index contributed by atoms with van der Waals surface area (Å²) in [7, 11) is -2.26. The van der Waals surface area contributed by atoms with E-state index in [9.17, 15) is 4.21 Å². The summed E-state index contributed by atoms with van der Waals surface area (Å²) in [5, 5.41) is 0.214. The van der Waals surface area contributed by atoms with Crippen LogP contribution in [-0.2, 0) is 9.73 Å². The van der Waals surface area contributed by atoms with E-state index in [2.05, 4.69) is 13.8 Å². The van der Waals surface area contributed by atoms with Crippen LogP contribution in [0.15, 0.2) is 0 Å². The second-order valence-corrected chi connectivity index (χ2v) is 7.05. The van der Waals surface area contributed by atoms with Gasteiger partial charge in [0, 0.05) is 20.7 Å². The zero-order valence-corrected chi connectivity index (χ0v) is 9.53. The van der Waals surface area contributed by atoms with Gasteiger partial charge in [-0.1, -0.05) is 26.7 Å². The average molecular weight is 203 g/mol. The van der Waals surface area contributed by atoms with Crippen LogP contribution >= 0.6 is 0 Å². The lowest BCUT2D eigenvalue weighted by molar-refractivity contribution is 0.609. The van der Waals surface area contributed by atoms with E-state index in [0.717, 1.165) is 19.3 Å². The molecule has 0 heterocycles. The van der Waals surface area contributed by atoms with Crippen molar-refractivity contribution in [2.24, 2.45) is 5.92 Å². The first-order chi connectivity index (χ1) is 6.02. The van der Waals surface area contributed by atoms with Gasteiger partial charge in [-0.05, 0) is 25.2 Å². The van der Waals surface area contributed by atoms with Gasteiger partial charge < -0.3 is 0 Å². The summed E-state index contributed by atoms with van der Waals surface area (Å²) >= 11 is 0. The summed E-state index contributed by atoms with van der Waals surface area (Å²) in [6, 6.07) is 0. The highest BCUT2D eigenvalue weighted by atomic mass is 32.2. The van der Waals surface area contributed by atoms with Crippen molar-refractivity contribution in [1.29, 1.82) is 4.78 Å². The number of rotatable bonds is 4. The molecule has 0 bridgehead atoms. The monoisotopic (exact) mass is 203 g/mol. The maximum Gasteiger partial charge on any atom is 0.0470 e. The lowest BCUT2D eigenvalue weighted by atomic mass is 10.2. The topological polar surface area (TPSA) is 40.9 Å². The Morgan fingerprint density at radius 2 is 1.92 bits per heavy atom. The Balaban J connectivity index is 2.45. The first-order valence-electron chi connectivity index (χ1n) is 5.27. The lowest BCUT2D eigenvalue weighted by Crippen LogP contribution is -2.20. The molecule has 3 heteroatoms.